The van der Waals surface area contributed by atoms with E-state index in [1.165, 1.54) is 12.5 Å². The number of carbonyl (C=O) groups excluding carboxylic acids is 1. The van der Waals surface area contributed by atoms with Crippen LogP contribution in [0.3, 0.4) is 0 Å². The van der Waals surface area contributed by atoms with Gasteiger partial charge in [0.15, 0.2) is 0 Å². The second-order valence-corrected chi connectivity index (χ2v) is 12.2. The zero-order valence-electron chi connectivity index (χ0n) is 20.1. The number of hydrogen-bond donors (Lipinski definition) is 2. The fourth-order valence-corrected chi connectivity index (χ4v) is 6.73. The normalized spacial score (nSPS) is 22.1. The highest BCUT2D eigenvalue weighted by Gasteiger charge is 2.53. The summed E-state index contributed by atoms with van der Waals surface area (Å²) in [4.78, 5) is 16.6. The topological polar surface area (TPSA) is 129 Å². The molecule has 1 saturated carbocycles. The van der Waals surface area contributed by atoms with E-state index in [0.29, 0.717) is 17.1 Å². The van der Waals surface area contributed by atoms with Gasteiger partial charge in [-0.1, -0.05) is 20.8 Å². The first kappa shape index (κ1) is 24.0. The zero-order valence-corrected chi connectivity index (χ0v) is 20.9. The molecule has 182 valence electrons. The summed E-state index contributed by atoms with van der Waals surface area (Å²) in [5, 5.41) is 7.94. The molecule has 0 spiro atoms. The van der Waals surface area contributed by atoms with Gasteiger partial charge in [-0.25, -0.2) is 17.9 Å². The lowest BCUT2D eigenvalue weighted by atomic mass is 9.69. The summed E-state index contributed by atoms with van der Waals surface area (Å²) in [6.07, 6.45) is 7.84. The third-order valence-corrected chi connectivity index (χ3v) is 8.65. The van der Waals surface area contributed by atoms with E-state index in [9.17, 15) is 13.2 Å². The quantitative estimate of drug-likeness (QED) is 0.526. The van der Waals surface area contributed by atoms with Crippen molar-refractivity contribution in [3.8, 4) is 17.0 Å². The van der Waals surface area contributed by atoms with Gasteiger partial charge in [0.1, 0.15) is 9.84 Å². The van der Waals surface area contributed by atoms with Gasteiger partial charge in [0.25, 0.3) is 5.91 Å². The van der Waals surface area contributed by atoms with E-state index in [1.54, 1.807) is 23.9 Å². The molecule has 1 aliphatic rings. The molecule has 10 heteroatoms. The first-order valence-corrected chi connectivity index (χ1v) is 13.2. The Labute approximate surface area is 199 Å². The fourth-order valence-electron chi connectivity index (χ4n) is 5.06. The molecule has 0 saturated heterocycles. The number of amides is 1. The number of nitrogens with two attached hydrogens (primary N) is 1. The van der Waals surface area contributed by atoms with E-state index in [4.69, 9.17) is 10.5 Å². The largest absolute Gasteiger partial charge is 0.481 e. The van der Waals surface area contributed by atoms with Crippen molar-refractivity contribution >= 4 is 26.9 Å². The Morgan fingerprint density at radius 1 is 1.26 bits per heavy atom. The molecule has 0 aliphatic heterocycles. The Morgan fingerprint density at radius 2 is 2.00 bits per heavy atom. The molecule has 1 amide bonds. The predicted molar refractivity (Wildman–Crippen MR) is 132 cm³/mol. The Balaban J connectivity index is 1.76. The number of aromatic nitrogens is 3. The first-order valence-electron chi connectivity index (χ1n) is 11.1. The number of primary amides is 1. The smallest absolute Gasteiger partial charge is 0.252 e. The van der Waals surface area contributed by atoms with Crippen LogP contribution in [0.1, 0.15) is 44.0 Å². The van der Waals surface area contributed by atoms with Crippen molar-refractivity contribution in [3.05, 3.63) is 42.4 Å². The lowest BCUT2D eigenvalue weighted by molar-refractivity contribution is 0.100. The predicted octanol–water partition coefficient (Wildman–Crippen LogP) is 3.16. The van der Waals surface area contributed by atoms with Crippen molar-refractivity contribution in [1.29, 1.82) is 0 Å². The molecule has 34 heavy (non-hydrogen) atoms. The second kappa shape index (κ2) is 8.26. The Bertz CT molecular complexity index is 1350. The van der Waals surface area contributed by atoms with Crippen LogP contribution in [-0.2, 0) is 9.84 Å². The average molecular weight is 486 g/mol. The molecule has 1 aliphatic carbocycles. The minimum Gasteiger partial charge on any atom is -0.481 e. The minimum atomic E-state index is -3.15. The minimum absolute atomic E-state index is 0.0652. The fraction of sp³-hybridized carbons (Fsp3) is 0.458. The maximum atomic E-state index is 12.3. The summed E-state index contributed by atoms with van der Waals surface area (Å²) in [5.74, 6) is 0.0463. The summed E-state index contributed by atoms with van der Waals surface area (Å²) >= 11 is 0. The van der Waals surface area contributed by atoms with Crippen LogP contribution in [0.15, 0.2) is 36.8 Å². The van der Waals surface area contributed by atoms with Gasteiger partial charge < -0.3 is 15.8 Å². The monoisotopic (exact) mass is 485 g/mol. The number of pyridine rings is 1. The number of fused-ring (bicyclic) bond motifs is 1. The van der Waals surface area contributed by atoms with E-state index < -0.39 is 21.2 Å². The Kier molecular flexibility index (Phi) is 5.83. The zero-order chi connectivity index (χ0) is 24.9. The lowest BCUT2D eigenvalue weighted by Crippen LogP contribution is -2.44. The van der Waals surface area contributed by atoms with E-state index in [0.717, 1.165) is 24.0 Å². The number of ether oxygens (including phenoxy) is 1. The number of anilines is 1. The summed E-state index contributed by atoms with van der Waals surface area (Å²) in [6.45, 7) is 6.19. The van der Waals surface area contributed by atoms with Crippen LogP contribution in [0.5, 0.6) is 5.88 Å². The van der Waals surface area contributed by atoms with E-state index in [1.807, 2.05) is 25.3 Å². The van der Waals surface area contributed by atoms with E-state index in [-0.39, 0.29) is 22.8 Å². The van der Waals surface area contributed by atoms with Gasteiger partial charge in [0, 0.05) is 41.9 Å². The first-order chi connectivity index (χ1) is 15.8. The van der Waals surface area contributed by atoms with Crippen LogP contribution in [0.4, 0.5) is 5.69 Å². The number of nitrogens with zero attached hydrogens (tertiary/aromatic N) is 3. The molecule has 0 aromatic carbocycles. The van der Waals surface area contributed by atoms with Crippen LogP contribution in [0.25, 0.3) is 16.6 Å². The highest BCUT2D eigenvalue weighted by atomic mass is 32.2. The van der Waals surface area contributed by atoms with Gasteiger partial charge >= 0.3 is 0 Å². The molecular weight excluding hydrogens is 454 g/mol. The van der Waals surface area contributed by atoms with Crippen molar-refractivity contribution in [2.45, 2.75) is 39.7 Å². The summed E-state index contributed by atoms with van der Waals surface area (Å²) < 4.78 is 31.1. The molecule has 4 rings (SSSR count). The number of sulfone groups is 1. The van der Waals surface area contributed by atoms with Crippen LogP contribution >= 0.6 is 0 Å². The van der Waals surface area contributed by atoms with Gasteiger partial charge in [-0.15, -0.1) is 0 Å². The molecule has 1 fully saturated rings. The van der Waals surface area contributed by atoms with E-state index >= 15 is 0 Å². The lowest BCUT2D eigenvalue weighted by Gasteiger charge is -2.42. The molecular formula is C24H31N5O4S. The molecule has 2 atom stereocenters. The molecule has 3 aromatic heterocycles. The third kappa shape index (κ3) is 4.22. The Morgan fingerprint density at radius 3 is 2.59 bits per heavy atom. The third-order valence-electron chi connectivity index (χ3n) is 7.49. The number of methoxy groups -OCH3 is 1. The van der Waals surface area contributed by atoms with Crippen LogP contribution in [0, 0.1) is 10.8 Å². The highest BCUT2D eigenvalue weighted by Crippen LogP contribution is 2.54. The molecule has 3 aromatic rings. The molecule has 0 radical (unpaired) electrons. The van der Waals surface area contributed by atoms with Gasteiger partial charge in [-0.3, -0.25) is 4.79 Å². The molecule has 3 heterocycles. The number of nitrogens with one attached hydrogen (secondary N) is 1. The van der Waals surface area contributed by atoms with Crippen molar-refractivity contribution in [1.82, 2.24) is 14.6 Å². The van der Waals surface area contributed by atoms with Gasteiger partial charge in [0.2, 0.25) is 5.88 Å². The summed E-state index contributed by atoms with van der Waals surface area (Å²) in [5.41, 5.74) is 8.27. The number of carbonyl (C=O) groups is 1. The van der Waals surface area contributed by atoms with Crippen molar-refractivity contribution < 1.29 is 17.9 Å². The van der Waals surface area contributed by atoms with Crippen LogP contribution in [0.2, 0.25) is 0 Å². The van der Waals surface area contributed by atoms with Crippen molar-refractivity contribution in [2.75, 3.05) is 24.4 Å². The van der Waals surface area contributed by atoms with Crippen molar-refractivity contribution in [2.24, 2.45) is 16.6 Å². The van der Waals surface area contributed by atoms with Gasteiger partial charge in [0.05, 0.1) is 35.8 Å². The van der Waals surface area contributed by atoms with Gasteiger partial charge in [-0.2, -0.15) is 5.10 Å². The van der Waals surface area contributed by atoms with Gasteiger partial charge in [-0.05, 0) is 35.8 Å². The SMILES string of the molecule is COc1ccc(-c2cc3c(N[C@@H]4CC[C@](C)(CS(C)(=O)=O)C4(C)C)c(C(N)=O)cnn3c2)cn1. The number of rotatable bonds is 7. The summed E-state index contributed by atoms with van der Waals surface area (Å²) in [7, 11) is -1.59. The van der Waals surface area contributed by atoms with Crippen LogP contribution in [-0.4, -0.2) is 54.1 Å². The molecule has 0 bridgehead atoms. The summed E-state index contributed by atoms with van der Waals surface area (Å²) in [6, 6.07) is 5.55. The maximum Gasteiger partial charge on any atom is 0.252 e. The van der Waals surface area contributed by atoms with Crippen molar-refractivity contribution in [3.63, 3.8) is 0 Å². The number of hydrogen-bond acceptors (Lipinski definition) is 7. The average Bonchev–Trinajstić information content (AvgIpc) is 3.27. The standard InChI is InChI=1S/C24H31N5O4S/c1-23(2)19(8-9-24(23,3)14-34(5,31)32)28-21-17(22(25)30)12-27-29-13-16(10-18(21)29)15-6-7-20(33-4)26-11-15/h6-7,10-13,19,28H,8-9,14H2,1-5H3,(H2,25,30)/t19-,24-/m1/s1. The second-order valence-electron chi connectivity index (χ2n) is 10.0. The van der Waals surface area contributed by atoms with E-state index in [2.05, 4.69) is 29.2 Å². The Hall–Kier alpha value is -3.14. The van der Waals surface area contributed by atoms with Crippen LogP contribution < -0.4 is 15.8 Å². The highest BCUT2D eigenvalue weighted by molar-refractivity contribution is 7.90. The molecule has 3 N–H and O–H groups in total. The maximum absolute atomic E-state index is 12.3. The molecule has 0 unspecified atom stereocenters. The molecule has 9 nitrogen and oxygen atoms in total.